The van der Waals surface area contributed by atoms with Crippen molar-refractivity contribution in [1.82, 2.24) is 10.2 Å². The molecule has 0 aliphatic carbocycles. The Kier molecular flexibility index (Phi) is 1.96. The van der Waals surface area contributed by atoms with Gasteiger partial charge in [-0.05, 0) is 17.5 Å². The molecule has 0 atom stereocenters. The summed E-state index contributed by atoms with van der Waals surface area (Å²) in [6.07, 6.45) is 0. The molecular weight excluding hydrogens is 204 g/mol. The number of hydrogen-bond acceptors (Lipinski definition) is 3. The SMILES string of the molecule is c1ccc(-c2cc3sccc3nn2)cc1. The van der Waals surface area contributed by atoms with Crippen LogP contribution in [0.1, 0.15) is 0 Å². The van der Waals surface area contributed by atoms with Crippen LogP contribution in [0.3, 0.4) is 0 Å². The molecule has 0 unspecified atom stereocenters. The van der Waals surface area contributed by atoms with Crippen molar-refractivity contribution >= 4 is 21.6 Å². The van der Waals surface area contributed by atoms with Gasteiger partial charge in [0.2, 0.25) is 0 Å². The molecule has 0 spiro atoms. The van der Waals surface area contributed by atoms with Crippen LogP contribution in [-0.4, -0.2) is 10.2 Å². The van der Waals surface area contributed by atoms with E-state index in [1.807, 2.05) is 41.8 Å². The van der Waals surface area contributed by atoms with Gasteiger partial charge in [-0.15, -0.1) is 21.5 Å². The number of benzene rings is 1. The summed E-state index contributed by atoms with van der Waals surface area (Å²) in [5.41, 5.74) is 3.02. The van der Waals surface area contributed by atoms with Crippen LogP contribution in [0.2, 0.25) is 0 Å². The minimum Gasteiger partial charge on any atom is -0.150 e. The second kappa shape index (κ2) is 3.44. The molecule has 1 aromatic carbocycles. The highest BCUT2D eigenvalue weighted by molar-refractivity contribution is 7.17. The van der Waals surface area contributed by atoms with E-state index in [2.05, 4.69) is 16.3 Å². The monoisotopic (exact) mass is 212 g/mol. The Hall–Kier alpha value is -1.74. The molecule has 0 aliphatic rings. The first-order valence-electron chi connectivity index (χ1n) is 4.70. The molecule has 0 aliphatic heterocycles. The van der Waals surface area contributed by atoms with Gasteiger partial charge in [0.1, 0.15) is 5.52 Å². The summed E-state index contributed by atoms with van der Waals surface area (Å²) in [7, 11) is 0. The van der Waals surface area contributed by atoms with Crippen LogP contribution in [0.4, 0.5) is 0 Å². The van der Waals surface area contributed by atoms with Gasteiger partial charge in [0.15, 0.2) is 0 Å². The van der Waals surface area contributed by atoms with Crippen molar-refractivity contribution in [2.75, 3.05) is 0 Å². The van der Waals surface area contributed by atoms with E-state index >= 15 is 0 Å². The summed E-state index contributed by atoms with van der Waals surface area (Å²) >= 11 is 1.69. The van der Waals surface area contributed by atoms with Crippen LogP contribution in [0, 0.1) is 0 Å². The molecule has 2 nitrogen and oxygen atoms in total. The molecule has 0 amide bonds. The van der Waals surface area contributed by atoms with E-state index in [9.17, 15) is 0 Å². The zero-order valence-electron chi connectivity index (χ0n) is 7.92. The van der Waals surface area contributed by atoms with E-state index < -0.39 is 0 Å². The van der Waals surface area contributed by atoms with Crippen molar-refractivity contribution in [3.05, 3.63) is 47.8 Å². The van der Waals surface area contributed by atoms with Crippen LogP contribution in [0.5, 0.6) is 0 Å². The zero-order chi connectivity index (χ0) is 10.1. The smallest absolute Gasteiger partial charge is 0.104 e. The van der Waals surface area contributed by atoms with E-state index in [-0.39, 0.29) is 0 Å². The third-order valence-corrected chi connectivity index (χ3v) is 3.13. The maximum atomic E-state index is 4.21. The molecule has 3 rings (SSSR count). The number of rotatable bonds is 1. The van der Waals surface area contributed by atoms with Gasteiger partial charge in [-0.3, -0.25) is 0 Å². The van der Waals surface area contributed by atoms with Gasteiger partial charge in [-0.2, -0.15) is 0 Å². The average Bonchev–Trinajstić information content (AvgIpc) is 2.77. The molecule has 0 saturated carbocycles. The summed E-state index contributed by atoms with van der Waals surface area (Å²) in [5, 5.41) is 10.4. The Morgan fingerprint density at radius 2 is 1.80 bits per heavy atom. The maximum absolute atomic E-state index is 4.21. The lowest BCUT2D eigenvalue weighted by atomic mass is 10.1. The van der Waals surface area contributed by atoms with Crippen LogP contribution in [0.15, 0.2) is 47.8 Å². The fraction of sp³-hybridized carbons (Fsp3) is 0. The predicted octanol–water partition coefficient (Wildman–Crippen LogP) is 3.36. The average molecular weight is 212 g/mol. The third-order valence-electron chi connectivity index (χ3n) is 2.28. The fourth-order valence-corrected chi connectivity index (χ4v) is 2.27. The molecule has 3 aromatic rings. The molecule has 72 valence electrons. The summed E-state index contributed by atoms with van der Waals surface area (Å²) in [5.74, 6) is 0. The van der Waals surface area contributed by atoms with Crippen molar-refractivity contribution < 1.29 is 0 Å². The van der Waals surface area contributed by atoms with Crippen LogP contribution in [0.25, 0.3) is 21.5 Å². The Bertz CT molecular complexity index is 587. The van der Waals surface area contributed by atoms with Gasteiger partial charge < -0.3 is 0 Å². The van der Waals surface area contributed by atoms with Crippen molar-refractivity contribution in [1.29, 1.82) is 0 Å². The fourth-order valence-electron chi connectivity index (χ4n) is 1.52. The number of thiophene rings is 1. The Morgan fingerprint density at radius 1 is 0.933 bits per heavy atom. The van der Waals surface area contributed by atoms with Gasteiger partial charge in [0, 0.05) is 5.56 Å². The Labute approximate surface area is 91.2 Å². The summed E-state index contributed by atoms with van der Waals surface area (Å²) in [4.78, 5) is 0. The molecule has 3 heteroatoms. The van der Waals surface area contributed by atoms with E-state index in [0.717, 1.165) is 16.8 Å². The highest BCUT2D eigenvalue weighted by Gasteiger charge is 2.02. The summed E-state index contributed by atoms with van der Waals surface area (Å²) in [6, 6.07) is 14.2. The molecule has 15 heavy (non-hydrogen) atoms. The number of hydrogen-bond donors (Lipinski definition) is 0. The van der Waals surface area contributed by atoms with Crippen molar-refractivity contribution in [2.24, 2.45) is 0 Å². The van der Waals surface area contributed by atoms with Crippen molar-refractivity contribution in [3.63, 3.8) is 0 Å². The summed E-state index contributed by atoms with van der Waals surface area (Å²) < 4.78 is 1.18. The second-order valence-electron chi connectivity index (χ2n) is 3.27. The minimum absolute atomic E-state index is 0.936. The predicted molar refractivity (Wildman–Crippen MR) is 62.9 cm³/mol. The summed E-state index contributed by atoms with van der Waals surface area (Å²) in [6.45, 7) is 0. The highest BCUT2D eigenvalue weighted by atomic mass is 32.1. The minimum atomic E-state index is 0.936. The molecule has 0 bridgehead atoms. The molecule has 2 aromatic heterocycles. The van der Waals surface area contributed by atoms with Gasteiger partial charge in [0.25, 0.3) is 0 Å². The maximum Gasteiger partial charge on any atom is 0.104 e. The van der Waals surface area contributed by atoms with Gasteiger partial charge in [-0.1, -0.05) is 30.3 Å². The van der Waals surface area contributed by atoms with Crippen molar-refractivity contribution in [2.45, 2.75) is 0 Å². The van der Waals surface area contributed by atoms with Crippen molar-refractivity contribution in [3.8, 4) is 11.3 Å². The van der Waals surface area contributed by atoms with Gasteiger partial charge in [-0.25, -0.2) is 0 Å². The Morgan fingerprint density at radius 3 is 2.67 bits per heavy atom. The number of nitrogens with zero attached hydrogens (tertiary/aromatic N) is 2. The van der Waals surface area contributed by atoms with Crippen LogP contribution in [-0.2, 0) is 0 Å². The lowest BCUT2D eigenvalue weighted by molar-refractivity contribution is 1.09. The zero-order valence-corrected chi connectivity index (χ0v) is 8.74. The van der Waals surface area contributed by atoms with E-state index in [4.69, 9.17) is 0 Å². The molecule has 0 radical (unpaired) electrons. The first-order valence-corrected chi connectivity index (χ1v) is 5.58. The first kappa shape index (κ1) is 8.56. The number of aromatic nitrogens is 2. The molecule has 2 heterocycles. The second-order valence-corrected chi connectivity index (χ2v) is 4.21. The third kappa shape index (κ3) is 1.51. The molecule has 0 fully saturated rings. The van der Waals surface area contributed by atoms with E-state index in [0.29, 0.717) is 0 Å². The lowest BCUT2D eigenvalue weighted by Gasteiger charge is -1.98. The molecule has 0 N–H and O–H groups in total. The topological polar surface area (TPSA) is 25.8 Å². The normalized spacial score (nSPS) is 10.7. The first-order chi connectivity index (χ1) is 7.43. The lowest BCUT2D eigenvalue weighted by Crippen LogP contribution is -1.85. The Balaban J connectivity index is 2.19. The van der Waals surface area contributed by atoms with Gasteiger partial charge in [0.05, 0.1) is 10.4 Å². The number of fused-ring (bicyclic) bond motifs is 1. The molecular formula is C12H8N2S. The van der Waals surface area contributed by atoms with Gasteiger partial charge >= 0.3 is 0 Å². The molecule has 0 saturated heterocycles. The van der Waals surface area contributed by atoms with E-state index in [1.54, 1.807) is 11.3 Å². The quantitative estimate of drug-likeness (QED) is 0.618. The largest absolute Gasteiger partial charge is 0.150 e. The standard InChI is InChI=1S/C12H8N2S/c1-2-4-9(5-3-1)11-8-12-10(13-14-11)6-7-15-12/h1-8H. The van der Waals surface area contributed by atoms with E-state index in [1.165, 1.54) is 4.70 Å². The van der Waals surface area contributed by atoms with Crippen LogP contribution >= 0.6 is 11.3 Å². The highest BCUT2D eigenvalue weighted by Crippen LogP contribution is 2.23. The van der Waals surface area contributed by atoms with Crippen LogP contribution < -0.4 is 0 Å².